The van der Waals surface area contributed by atoms with Crippen molar-refractivity contribution in [1.29, 1.82) is 0 Å². The van der Waals surface area contributed by atoms with Crippen molar-refractivity contribution in [3.8, 4) is 0 Å². The van der Waals surface area contributed by atoms with Crippen molar-refractivity contribution in [2.45, 2.75) is 19.3 Å². The minimum absolute atomic E-state index is 0.0214. The van der Waals surface area contributed by atoms with Crippen LogP contribution in [0.1, 0.15) is 19.3 Å². The Morgan fingerprint density at radius 2 is 2.27 bits per heavy atom. The number of hydrogen-bond donors (Lipinski definition) is 0. The molecule has 0 saturated heterocycles. The summed E-state index contributed by atoms with van der Waals surface area (Å²) in [5.41, 5.74) is 0.659. The summed E-state index contributed by atoms with van der Waals surface area (Å²) < 4.78 is 0. The van der Waals surface area contributed by atoms with Gasteiger partial charge in [0.15, 0.2) is 5.78 Å². The highest BCUT2D eigenvalue weighted by atomic mass is 16.6. The molecule has 0 aliphatic heterocycles. The number of allylic oxidation sites excluding steroid dienone is 1. The summed E-state index contributed by atoms with van der Waals surface area (Å²) in [6, 6.07) is 0. The van der Waals surface area contributed by atoms with Crippen LogP contribution in [-0.4, -0.2) is 17.3 Å². The van der Waals surface area contributed by atoms with Gasteiger partial charge in [-0.05, 0) is 18.9 Å². The summed E-state index contributed by atoms with van der Waals surface area (Å²) in [6.45, 7) is -0.175. The molecule has 0 radical (unpaired) electrons. The quantitative estimate of drug-likeness (QED) is 0.440. The van der Waals surface area contributed by atoms with E-state index in [2.05, 4.69) is 0 Å². The van der Waals surface area contributed by atoms with Crippen LogP contribution in [0.2, 0.25) is 0 Å². The largest absolute Gasteiger partial charge is 0.295 e. The first-order valence-electron chi connectivity index (χ1n) is 3.52. The predicted octanol–water partition coefficient (Wildman–Crippen LogP) is 0.942. The fourth-order valence-corrected chi connectivity index (χ4v) is 1.15. The lowest BCUT2D eigenvalue weighted by molar-refractivity contribution is -0.471. The third kappa shape index (κ3) is 2.49. The molecule has 0 unspecified atom stereocenters. The second-order valence-electron chi connectivity index (χ2n) is 2.61. The zero-order chi connectivity index (χ0) is 8.27. The summed E-state index contributed by atoms with van der Waals surface area (Å²) in [5.74, 6) is 0.0214. The number of ketones is 1. The maximum Gasteiger partial charge on any atom is 0.225 e. The van der Waals surface area contributed by atoms with E-state index < -0.39 is 4.92 Å². The number of carbonyl (C=O) groups is 1. The normalized spacial score (nSPS) is 17.8. The van der Waals surface area contributed by atoms with Gasteiger partial charge in [0.25, 0.3) is 0 Å². The van der Waals surface area contributed by atoms with Gasteiger partial charge in [0.05, 0.1) is 0 Å². The van der Waals surface area contributed by atoms with Crippen molar-refractivity contribution in [2.24, 2.45) is 0 Å². The van der Waals surface area contributed by atoms with Crippen molar-refractivity contribution in [3.63, 3.8) is 0 Å². The average Bonchev–Trinajstić information content (AvgIpc) is 1.85. The van der Waals surface area contributed by atoms with Gasteiger partial charge in [0, 0.05) is 16.9 Å². The SMILES string of the molecule is O=C1C=C(C[N+](=O)[O-])CCC1. The molecule has 60 valence electrons. The Labute approximate surface area is 64.0 Å². The lowest BCUT2D eigenvalue weighted by atomic mass is 9.99. The van der Waals surface area contributed by atoms with Crippen molar-refractivity contribution in [2.75, 3.05) is 6.54 Å². The molecule has 1 rings (SSSR count). The van der Waals surface area contributed by atoms with Crippen molar-refractivity contribution < 1.29 is 9.72 Å². The van der Waals surface area contributed by atoms with Crippen molar-refractivity contribution >= 4 is 5.78 Å². The van der Waals surface area contributed by atoms with Crippen LogP contribution in [0.4, 0.5) is 0 Å². The van der Waals surface area contributed by atoms with Gasteiger partial charge in [-0.15, -0.1) is 0 Å². The zero-order valence-corrected chi connectivity index (χ0v) is 6.08. The summed E-state index contributed by atoms with van der Waals surface area (Å²) >= 11 is 0. The van der Waals surface area contributed by atoms with E-state index in [1.807, 2.05) is 0 Å². The Bertz CT molecular complexity index is 220. The molecule has 0 spiro atoms. The van der Waals surface area contributed by atoms with E-state index in [9.17, 15) is 14.9 Å². The van der Waals surface area contributed by atoms with Crippen LogP contribution < -0.4 is 0 Å². The zero-order valence-electron chi connectivity index (χ0n) is 6.08. The maximum absolute atomic E-state index is 10.8. The number of rotatable bonds is 2. The van der Waals surface area contributed by atoms with Crippen LogP contribution in [0.25, 0.3) is 0 Å². The van der Waals surface area contributed by atoms with Crippen LogP contribution in [0.5, 0.6) is 0 Å². The number of hydrogen-bond acceptors (Lipinski definition) is 3. The molecule has 0 N–H and O–H groups in total. The highest BCUT2D eigenvalue weighted by Gasteiger charge is 2.13. The molecule has 0 atom stereocenters. The van der Waals surface area contributed by atoms with Crippen molar-refractivity contribution in [1.82, 2.24) is 0 Å². The molecule has 0 bridgehead atoms. The van der Waals surface area contributed by atoms with E-state index in [-0.39, 0.29) is 12.3 Å². The van der Waals surface area contributed by atoms with Crippen molar-refractivity contribution in [3.05, 3.63) is 21.8 Å². The Kier molecular flexibility index (Phi) is 2.36. The fraction of sp³-hybridized carbons (Fsp3) is 0.571. The summed E-state index contributed by atoms with van der Waals surface area (Å²) in [5, 5.41) is 10.0. The topological polar surface area (TPSA) is 60.2 Å². The monoisotopic (exact) mass is 155 g/mol. The molecule has 0 fully saturated rings. The molecular weight excluding hydrogens is 146 g/mol. The van der Waals surface area contributed by atoms with E-state index in [0.717, 1.165) is 6.42 Å². The average molecular weight is 155 g/mol. The molecule has 0 aromatic heterocycles. The molecule has 0 aromatic rings. The fourth-order valence-electron chi connectivity index (χ4n) is 1.15. The van der Waals surface area contributed by atoms with Crippen LogP contribution in [0.3, 0.4) is 0 Å². The molecule has 1 aliphatic carbocycles. The molecule has 11 heavy (non-hydrogen) atoms. The summed E-state index contributed by atoms with van der Waals surface area (Å²) in [4.78, 5) is 20.4. The minimum Gasteiger partial charge on any atom is -0.295 e. The maximum atomic E-state index is 10.8. The van der Waals surface area contributed by atoms with E-state index in [1.165, 1.54) is 6.08 Å². The van der Waals surface area contributed by atoms with Crippen LogP contribution in [0.15, 0.2) is 11.6 Å². The summed E-state index contributed by atoms with van der Waals surface area (Å²) in [6.07, 6.45) is 3.42. The molecule has 4 nitrogen and oxygen atoms in total. The molecule has 0 amide bonds. The van der Waals surface area contributed by atoms with Crippen LogP contribution in [0, 0.1) is 10.1 Å². The highest BCUT2D eigenvalue weighted by molar-refractivity contribution is 5.91. The first-order chi connectivity index (χ1) is 5.18. The number of carbonyl (C=O) groups excluding carboxylic acids is 1. The van der Waals surface area contributed by atoms with Crippen LogP contribution in [-0.2, 0) is 4.79 Å². The predicted molar refractivity (Wildman–Crippen MR) is 38.8 cm³/mol. The molecule has 0 aromatic carbocycles. The van der Waals surface area contributed by atoms with E-state index >= 15 is 0 Å². The molecule has 0 saturated carbocycles. The summed E-state index contributed by atoms with van der Waals surface area (Å²) in [7, 11) is 0. The van der Waals surface area contributed by atoms with E-state index in [0.29, 0.717) is 18.4 Å². The molecule has 0 heterocycles. The molecule has 4 heteroatoms. The second kappa shape index (κ2) is 3.27. The first kappa shape index (κ1) is 7.91. The van der Waals surface area contributed by atoms with Gasteiger partial charge in [0.1, 0.15) is 0 Å². The standard InChI is InChI=1S/C7H9NO3/c9-7-3-1-2-6(4-7)5-8(10)11/h4H,1-3,5H2. The third-order valence-corrected chi connectivity index (χ3v) is 1.62. The van der Waals surface area contributed by atoms with Gasteiger partial charge in [-0.2, -0.15) is 0 Å². The lowest BCUT2D eigenvalue weighted by Crippen LogP contribution is -2.10. The number of nitrogens with zero attached hydrogens (tertiary/aromatic N) is 1. The van der Waals surface area contributed by atoms with E-state index in [1.54, 1.807) is 0 Å². The Morgan fingerprint density at radius 3 is 2.82 bits per heavy atom. The third-order valence-electron chi connectivity index (χ3n) is 1.62. The van der Waals surface area contributed by atoms with Gasteiger partial charge in [-0.3, -0.25) is 14.9 Å². The minimum atomic E-state index is -0.398. The first-order valence-corrected chi connectivity index (χ1v) is 3.52. The van der Waals surface area contributed by atoms with Gasteiger partial charge in [0.2, 0.25) is 6.54 Å². The second-order valence-corrected chi connectivity index (χ2v) is 2.61. The van der Waals surface area contributed by atoms with Gasteiger partial charge in [-0.1, -0.05) is 0 Å². The Balaban J connectivity index is 2.56. The Hall–Kier alpha value is -1.19. The molecular formula is C7H9NO3. The smallest absolute Gasteiger partial charge is 0.225 e. The Morgan fingerprint density at radius 1 is 1.55 bits per heavy atom. The van der Waals surface area contributed by atoms with Gasteiger partial charge >= 0.3 is 0 Å². The highest BCUT2D eigenvalue weighted by Crippen LogP contribution is 2.14. The lowest BCUT2D eigenvalue weighted by Gasteiger charge is -2.06. The van der Waals surface area contributed by atoms with Gasteiger partial charge < -0.3 is 0 Å². The van der Waals surface area contributed by atoms with E-state index in [4.69, 9.17) is 0 Å². The molecule has 1 aliphatic rings. The van der Waals surface area contributed by atoms with Crippen LogP contribution >= 0.6 is 0 Å². The van der Waals surface area contributed by atoms with Gasteiger partial charge in [-0.25, -0.2) is 0 Å². The number of nitro groups is 1.